The van der Waals surface area contributed by atoms with Crippen LogP contribution in [0.1, 0.15) is 16.8 Å². The molecule has 3 aromatic rings. The highest BCUT2D eigenvalue weighted by atomic mass is 32.1. The Morgan fingerprint density at radius 3 is 2.78 bits per heavy atom. The lowest BCUT2D eigenvalue weighted by Crippen LogP contribution is -2.05. The van der Waals surface area contributed by atoms with Gasteiger partial charge in [-0.15, -0.1) is 0 Å². The topological polar surface area (TPSA) is 56.7 Å². The molecule has 0 aliphatic heterocycles. The maximum absolute atomic E-state index is 5.99. The number of fused-ring (bicyclic) bond motifs is 1. The Hall–Kier alpha value is -1.88. The minimum absolute atomic E-state index is 0.522. The Balaban J connectivity index is 2.13. The summed E-state index contributed by atoms with van der Waals surface area (Å²) in [5.41, 5.74) is 11.2. The van der Waals surface area contributed by atoms with Gasteiger partial charge in [0, 0.05) is 5.69 Å². The van der Waals surface area contributed by atoms with Crippen LogP contribution in [0.5, 0.6) is 0 Å². The number of thiophene rings is 1. The molecule has 0 amide bonds. The van der Waals surface area contributed by atoms with Gasteiger partial charge in [0.2, 0.25) is 5.95 Å². The molecule has 0 fully saturated rings. The zero-order valence-electron chi connectivity index (χ0n) is 10.3. The number of aryl methyl sites for hydroxylation is 2. The first-order chi connectivity index (χ1) is 8.65. The third-order valence-corrected chi connectivity index (χ3v) is 3.96. The molecular weight excluding hydrogens is 244 g/mol. The van der Waals surface area contributed by atoms with Crippen LogP contribution in [0, 0.1) is 13.8 Å². The van der Waals surface area contributed by atoms with E-state index in [0.717, 1.165) is 23.4 Å². The van der Waals surface area contributed by atoms with Gasteiger partial charge in [0.1, 0.15) is 5.52 Å². The fraction of sp³-hybridized carbons (Fsp3) is 0.231. The first kappa shape index (κ1) is 11.2. The van der Waals surface area contributed by atoms with Crippen molar-refractivity contribution in [3.8, 4) is 0 Å². The highest BCUT2D eigenvalue weighted by Gasteiger charge is 2.11. The molecule has 0 bridgehead atoms. The van der Waals surface area contributed by atoms with E-state index in [1.807, 2.05) is 23.6 Å². The number of anilines is 1. The Kier molecular flexibility index (Phi) is 2.56. The molecule has 3 aromatic heterocycles. The molecule has 18 heavy (non-hydrogen) atoms. The van der Waals surface area contributed by atoms with Gasteiger partial charge >= 0.3 is 0 Å². The molecule has 2 N–H and O–H groups in total. The van der Waals surface area contributed by atoms with Crippen LogP contribution in [0.4, 0.5) is 5.95 Å². The smallest absolute Gasteiger partial charge is 0.202 e. The van der Waals surface area contributed by atoms with E-state index >= 15 is 0 Å². The van der Waals surface area contributed by atoms with E-state index in [9.17, 15) is 0 Å². The monoisotopic (exact) mass is 258 g/mol. The lowest BCUT2D eigenvalue weighted by molar-refractivity contribution is 0.824. The number of hydrogen-bond donors (Lipinski definition) is 1. The summed E-state index contributed by atoms with van der Waals surface area (Å²) in [6.45, 7) is 4.82. The van der Waals surface area contributed by atoms with Crippen LogP contribution in [0.3, 0.4) is 0 Å². The molecule has 92 valence electrons. The molecule has 0 saturated heterocycles. The molecule has 0 spiro atoms. The zero-order chi connectivity index (χ0) is 12.7. The molecule has 3 rings (SSSR count). The summed E-state index contributed by atoms with van der Waals surface area (Å²) in [7, 11) is 0. The largest absolute Gasteiger partial charge is 0.369 e. The Labute approximate surface area is 109 Å². The van der Waals surface area contributed by atoms with Gasteiger partial charge in [0.05, 0.1) is 6.54 Å². The molecule has 0 saturated carbocycles. The van der Waals surface area contributed by atoms with Crippen LogP contribution in [0.15, 0.2) is 22.9 Å². The summed E-state index contributed by atoms with van der Waals surface area (Å²) in [6, 6.07) is 3.92. The van der Waals surface area contributed by atoms with E-state index in [2.05, 4.69) is 27.7 Å². The molecule has 0 unspecified atom stereocenters. The normalized spacial score (nSPS) is 11.2. The summed E-state index contributed by atoms with van der Waals surface area (Å²) < 4.78 is 1.97. The average molecular weight is 258 g/mol. The van der Waals surface area contributed by atoms with Crippen molar-refractivity contribution >= 4 is 28.4 Å². The highest BCUT2D eigenvalue weighted by molar-refractivity contribution is 7.08. The lowest BCUT2D eigenvalue weighted by atomic mass is 10.2. The molecule has 0 aliphatic carbocycles. The summed E-state index contributed by atoms with van der Waals surface area (Å²) in [5.74, 6) is 0.522. The van der Waals surface area contributed by atoms with Gasteiger partial charge in [-0.1, -0.05) is 0 Å². The van der Waals surface area contributed by atoms with Crippen molar-refractivity contribution in [2.45, 2.75) is 20.4 Å². The van der Waals surface area contributed by atoms with Crippen molar-refractivity contribution < 1.29 is 0 Å². The molecule has 0 atom stereocenters. The SMILES string of the molecule is Cc1ccc2nc(N)n(Cc3cscc3C)c2n1. The Bertz CT molecular complexity index is 711. The van der Waals surface area contributed by atoms with E-state index in [4.69, 9.17) is 5.73 Å². The van der Waals surface area contributed by atoms with E-state index in [-0.39, 0.29) is 0 Å². The standard InChI is InChI=1S/C13H14N4S/c1-8-6-18-7-10(8)5-17-12-11(16-13(17)14)4-3-9(2)15-12/h3-4,6-7H,5H2,1-2H3,(H2,14,16). The maximum atomic E-state index is 5.99. The van der Waals surface area contributed by atoms with Crippen LogP contribution in [0.2, 0.25) is 0 Å². The summed E-state index contributed by atoms with van der Waals surface area (Å²) in [4.78, 5) is 8.88. The van der Waals surface area contributed by atoms with Gasteiger partial charge in [-0.3, -0.25) is 4.57 Å². The van der Waals surface area contributed by atoms with Crippen LogP contribution in [0.25, 0.3) is 11.2 Å². The fourth-order valence-electron chi connectivity index (χ4n) is 1.99. The minimum atomic E-state index is 0.522. The molecule has 0 radical (unpaired) electrons. The van der Waals surface area contributed by atoms with Gasteiger partial charge in [0.15, 0.2) is 5.65 Å². The van der Waals surface area contributed by atoms with Gasteiger partial charge in [-0.25, -0.2) is 9.97 Å². The summed E-state index contributed by atoms with van der Waals surface area (Å²) >= 11 is 1.71. The van der Waals surface area contributed by atoms with Crippen LogP contribution in [-0.4, -0.2) is 14.5 Å². The van der Waals surface area contributed by atoms with E-state index in [1.54, 1.807) is 11.3 Å². The van der Waals surface area contributed by atoms with Gasteiger partial charge < -0.3 is 5.73 Å². The van der Waals surface area contributed by atoms with Crippen molar-refractivity contribution in [3.63, 3.8) is 0 Å². The number of hydrogen-bond acceptors (Lipinski definition) is 4. The van der Waals surface area contributed by atoms with Crippen molar-refractivity contribution in [1.82, 2.24) is 14.5 Å². The molecule has 3 heterocycles. The van der Waals surface area contributed by atoms with Gasteiger partial charge in [-0.05, 0) is 47.9 Å². The first-order valence-electron chi connectivity index (χ1n) is 5.76. The molecule has 5 heteroatoms. The molecule has 0 aromatic carbocycles. The minimum Gasteiger partial charge on any atom is -0.369 e. The first-order valence-corrected chi connectivity index (χ1v) is 6.70. The third kappa shape index (κ3) is 1.76. The number of rotatable bonds is 2. The van der Waals surface area contributed by atoms with Crippen molar-refractivity contribution in [2.75, 3.05) is 5.73 Å². The molecular formula is C13H14N4S. The number of imidazole rings is 1. The predicted molar refractivity (Wildman–Crippen MR) is 74.8 cm³/mol. The number of nitrogen functional groups attached to an aromatic ring is 1. The molecule has 0 aliphatic rings. The van der Waals surface area contributed by atoms with Crippen molar-refractivity contribution in [2.24, 2.45) is 0 Å². The van der Waals surface area contributed by atoms with Crippen molar-refractivity contribution in [3.05, 3.63) is 39.7 Å². The Morgan fingerprint density at radius 2 is 2.06 bits per heavy atom. The highest BCUT2D eigenvalue weighted by Crippen LogP contribution is 2.21. The summed E-state index contributed by atoms with van der Waals surface area (Å²) in [5, 5.41) is 4.29. The zero-order valence-corrected chi connectivity index (χ0v) is 11.2. The average Bonchev–Trinajstić information content (AvgIpc) is 2.86. The van der Waals surface area contributed by atoms with Crippen LogP contribution in [-0.2, 0) is 6.54 Å². The van der Waals surface area contributed by atoms with E-state index in [1.165, 1.54) is 11.1 Å². The number of nitrogens with two attached hydrogens (primary N) is 1. The van der Waals surface area contributed by atoms with E-state index < -0.39 is 0 Å². The predicted octanol–water partition coefficient (Wildman–Crippen LogP) is 2.74. The van der Waals surface area contributed by atoms with E-state index in [0.29, 0.717) is 5.95 Å². The van der Waals surface area contributed by atoms with Crippen molar-refractivity contribution in [1.29, 1.82) is 0 Å². The summed E-state index contributed by atoms with van der Waals surface area (Å²) in [6.07, 6.45) is 0. The van der Waals surface area contributed by atoms with Crippen LogP contribution >= 0.6 is 11.3 Å². The molecule has 4 nitrogen and oxygen atoms in total. The van der Waals surface area contributed by atoms with Gasteiger partial charge in [-0.2, -0.15) is 11.3 Å². The fourth-order valence-corrected chi connectivity index (χ4v) is 2.84. The second kappa shape index (κ2) is 4.10. The Morgan fingerprint density at radius 1 is 1.22 bits per heavy atom. The van der Waals surface area contributed by atoms with Gasteiger partial charge in [0.25, 0.3) is 0 Å². The quantitative estimate of drug-likeness (QED) is 0.769. The number of pyridine rings is 1. The third-order valence-electron chi connectivity index (χ3n) is 3.05. The number of nitrogens with zero attached hydrogens (tertiary/aromatic N) is 3. The lowest BCUT2D eigenvalue weighted by Gasteiger charge is -2.05. The second-order valence-electron chi connectivity index (χ2n) is 4.43. The maximum Gasteiger partial charge on any atom is 0.202 e. The van der Waals surface area contributed by atoms with Crippen LogP contribution < -0.4 is 5.73 Å². The number of aromatic nitrogens is 3. The second-order valence-corrected chi connectivity index (χ2v) is 5.18.